The zero-order chi connectivity index (χ0) is 27.2. The Hall–Kier alpha value is -4.36. The normalized spacial score (nSPS) is 12.4. The van der Waals surface area contributed by atoms with Crippen molar-refractivity contribution in [2.45, 2.75) is 18.1 Å². The number of carbonyl (C=O) groups is 3. The Balaban J connectivity index is 1.35. The second-order valence-corrected chi connectivity index (χ2v) is 9.09. The number of ether oxygens (including phenoxy) is 3. The maximum atomic E-state index is 12.8. The van der Waals surface area contributed by atoms with Gasteiger partial charge < -0.3 is 24.8 Å². The molecule has 0 spiro atoms. The number of amides is 2. The number of hydrogen-bond acceptors (Lipinski definition) is 10. The molecule has 0 aliphatic carbocycles. The highest BCUT2D eigenvalue weighted by Crippen LogP contribution is 2.34. The number of nitrogens with one attached hydrogen (secondary N) is 2. The molecule has 2 N–H and O–H groups in total. The molecule has 1 aliphatic rings. The summed E-state index contributed by atoms with van der Waals surface area (Å²) in [5.41, 5.74) is 0.305. The third-order valence-electron chi connectivity index (χ3n) is 5.06. The molecule has 2 heterocycles. The number of hydrogen-bond donors (Lipinski definition) is 2. The zero-order valence-corrected chi connectivity index (χ0v) is 21.2. The number of benzene rings is 2. The average Bonchev–Trinajstić information content (AvgIpc) is 3.36. The molecule has 1 unspecified atom stereocenters. The number of fused-ring (bicyclic) bond motifs is 1. The Morgan fingerprint density at radius 3 is 2.74 bits per heavy atom. The van der Waals surface area contributed by atoms with E-state index in [1.165, 1.54) is 37.4 Å². The number of halogens is 1. The maximum absolute atomic E-state index is 12.8. The third-order valence-corrected chi connectivity index (χ3v) is 6.39. The summed E-state index contributed by atoms with van der Waals surface area (Å²) in [4.78, 5) is 52.3. The van der Waals surface area contributed by atoms with Crippen molar-refractivity contribution >= 4 is 58.2 Å². The van der Waals surface area contributed by atoms with Crippen LogP contribution in [0, 0.1) is 10.1 Å². The molecule has 2 aromatic carbocycles. The molecular formula is C24H19ClN4O8S. The van der Waals surface area contributed by atoms with Crippen molar-refractivity contribution in [1.29, 1.82) is 0 Å². The van der Waals surface area contributed by atoms with Crippen molar-refractivity contribution in [3.8, 4) is 11.5 Å². The van der Waals surface area contributed by atoms with Gasteiger partial charge in [-0.05, 0) is 37.3 Å². The molecular weight excluding hydrogens is 540 g/mol. The van der Waals surface area contributed by atoms with E-state index in [0.717, 1.165) is 17.8 Å². The van der Waals surface area contributed by atoms with Crippen LogP contribution in [0.1, 0.15) is 17.3 Å². The Labute approximate surface area is 224 Å². The molecule has 196 valence electrons. The zero-order valence-electron chi connectivity index (χ0n) is 19.6. The summed E-state index contributed by atoms with van der Waals surface area (Å²) in [6.45, 7) is 1.45. The first-order chi connectivity index (χ1) is 18.2. The lowest BCUT2D eigenvalue weighted by atomic mass is 10.2. The molecule has 1 aromatic heterocycles. The first-order valence-corrected chi connectivity index (χ1v) is 12.3. The van der Waals surface area contributed by atoms with Gasteiger partial charge >= 0.3 is 5.97 Å². The van der Waals surface area contributed by atoms with E-state index < -0.39 is 22.9 Å². The van der Waals surface area contributed by atoms with Crippen molar-refractivity contribution in [2.75, 3.05) is 23.2 Å². The average molecular weight is 559 g/mol. The maximum Gasteiger partial charge on any atom is 0.341 e. The molecule has 4 rings (SSSR count). The van der Waals surface area contributed by atoms with E-state index in [0.29, 0.717) is 17.2 Å². The second kappa shape index (κ2) is 11.8. The number of nitrogens with zero attached hydrogens (tertiary/aromatic N) is 2. The quantitative estimate of drug-likeness (QED) is 0.168. The molecule has 0 radical (unpaired) electrons. The summed E-state index contributed by atoms with van der Waals surface area (Å²) >= 11 is 7.02. The number of rotatable bonds is 9. The highest BCUT2D eigenvalue weighted by atomic mass is 35.5. The topological polar surface area (TPSA) is 159 Å². The van der Waals surface area contributed by atoms with Crippen LogP contribution in [0.2, 0.25) is 5.02 Å². The predicted octanol–water partition coefficient (Wildman–Crippen LogP) is 4.29. The van der Waals surface area contributed by atoms with Crippen LogP contribution in [-0.2, 0) is 14.3 Å². The van der Waals surface area contributed by atoms with Gasteiger partial charge in [-0.2, -0.15) is 0 Å². The third kappa shape index (κ3) is 6.49. The number of aromatic nitrogens is 1. The molecule has 0 bridgehead atoms. The van der Waals surface area contributed by atoms with Gasteiger partial charge in [0.05, 0.1) is 26.9 Å². The van der Waals surface area contributed by atoms with E-state index >= 15 is 0 Å². The number of anilines is 2. The van der Waals surface area contributed by atoms with Crippen LogP contribution < -0.4 is 20.1 Å². The lowest BCUT2D eigenvalue weighted by Gasteiger charge is -2.15. The molecule has 0 saturated carbocycles. The number of non-ortho nitro benzene ring substituents is 1. The minimum absolute atomic E-state index is 0.000130. The smallest absolute Gasteiger partial charge is 0.341 e. The summed E-state index contributed by atoms with van der Waals surface area (Å²) in [5, 5.41) is 16.4. The van der Waals surface area contributed by atoms with Crippen molar-refractivity contribution in [2.24, 2.45) is 0 Å². The highest BCUT2D eigenvalue weighted by Gasteiger charge is 2.23. The number of carbonyl (C=O) groups excluding carboxylic acids is 3. The molecule has 1 aliphatic heterocycles. The van der Waals surface area contributed by atoms with Crippen LogP contribution in [0.25, 0.3) is 0 Å². The fraction of sp³-hybridized carbons (Fsp3) is 0.167. The highest BCUT2D eigenvalue weighted by molar-refractivity contribution is 8.00. The van der Waals surface area contributed by atoms with E-state index in [2.05, 4.69) is 15.6 Å². The standard InChI is InChI=1S/C24H19ClN4O8S/c1-13(22(31)28-18-10-15(29(33)34)5-6-17(18)25)37-24(32)16-3-2-8-26-23(16)38-11-21(30)27-14-4-7-19-20(9-14)36-12-35-19/h2-10,13H,11-12H2,1H3,(H,27,30)(H,28,31). The van der Waals surface area contributed by atoms with Gasteiger partial charge in [-0.25, -0.2) is 9.78 Å². The van der Waals surface area contributed by atoms with Crippen molar-refractivity contribution < 1.29 is 33.5 Å². The SMILES string of the molecule is CC(OC(=O)c1cccnc1SCC(=O)Nc1ccc2c(c1)OCO2)C(=O)Nc1cc([N+](=O)[O-])ccc1Cl. The fourth-order valence-electron chi connectivity index (χ4n) is 3.20. The van der Waals surface area contributed by atoms with E-state index in [9.17, 15) is 24.5 Å². The van der Waals surface area contributed by atoms with Crippen LogP contribution in [0.4, 0.5) is 17.1 Å². The molecule has 1 atom stereocenters. The monoisotopic (exact) mass is 558 g/mol. The molecule has 0 fully saturated rings. The van der Waals surface area contributed by atoms with Crippen molar-refractivity contribution in [3.05, 3.63) is 75.4 Å². The van der Waals surface area contributed by atoms with E-state index in [-0.39, 0.29) is 45.4 Å². The van der Waals surface area contributed by atoms with Gasteiger partial charge in [-0.3, -0.25) is 19.7 Å². The van der Waals surface area contributed by atoms with Gasteiger partial charge in [0.15, 0.2) is 17.6 Å². The second-order valence-electron chi connectivity index (χ2n) is 7.72. The molecule has 3 aromatic rings. The Morgan fingerprint density at radius 1 is 1.16 bits per heavy atom. The lowest BCUT2D eigenvalue weighted by Crippen LogP contribution is -2.30. The summed E-state index contributed by atoms with van der Waals surface area (Å²) in [5.74, 6) is -0.888. The van der Waals surface area contributed by atoms with Crippen LogP contribution in [0.15, 0.2) is 59.8 Å². The van der Waals surface area contributed by atoms with E-state index in [4.69, 9.17) is 25.8 Å². The first-order valence-electron chi connectivity index (χ1n) is 10.9. The van der Waals surface area contributed by atoms with E-state index in [1.807, 2.05) is 0 Å². The number of pyridine rings is 1. The molecule has 12 nitrogen and oxygen atoms in total. The Kier molecular flexibility index (Phi) is 8.28. The van der Waals surface area contributed by atoms with Crippen LogP contribution in [0.5, 0.6) is 11.5 Å². The van der Waals surface area contributed by atoms with Crippen LogP contribution in [-0.4, -0.2) is 46.3 Å². The molecule has 2 amide bonds. The van der Waals surface area contributed by atoms with Crippen molar-refractivity contribution in [3.63, 3.8) is 0 Å². The Morgan fingerprint density at radius 2 is 1.95 bits per heavy atom. The minimum Gasteiger partial charge on any atom is -0.454 e. The summed E-state index contributed by atoms with van der Waals surface area (Å²) in [6, 6.07) is 11.5. The predicted molar refractivity (Wildman–Crippen MR) is 138 cm³/mol. The van der Waals surface area contributed by atoms with Crippen molar-refractivity contribution in [1.82, 2.24) is 4.98 Å². The summed E-state index contributed by atoms with van der Waals surface area (Å²) in [7, 11) is 0. The summed E-state index contributed by atoms with van der Waals surface area (Å²) in [6.07, 6.45) is 0.181. The number of nitro benzene ring substituents is 1. The van der Waals surface area contributed by atoms with Gasteiger partial charge in [0.25, 0.3) is 11.6 Å². The molecule has 38 heavy (non-hydrogen) atoms. The molecule has 14 heteroatoms. The lowest BCUT2D eigenvalue weighted by molar-refractivity contribution is -0.384. The summed E-state index contributed by atoms with van der Waals surface area (Å²) < 4.78 is 15.8. The number of nitro groups is 1. The fourth-order valence-corrected chi connectivity index (χ4v) is 4.15. The first kappa shape index (κ1) is 26.7. The largest absolute Gasteiger partial charge is 0.454 e. The molecule has 0 saturated heterocycles. The van der Waals surface area contributed by atoms with Crippen LogP contribution >= 0.6 is 23.4 Å². The van der Waals surface area contributed by atoms with Gasteiger partial charge in [0, 0.05) is 30.1 Å². The van der Waals surface area contributed by atoms with Gasteiger partial charge in [-0.1, -0.05) is 23.4 Å². The number of esters is 1. The Bertz CT molecular complexity index is 1420. The van der Waals surface area contributed by atoms with Gasteiger partial charge in [-0.15, -0.1) is 0 Å². The minimum atomic E-state index is -1.27. The van der Waals surface area contributed by atoms with Gasteiger partial charge in [0.1, 0.15) is 5.03 Å². The van der Waals surface area contributed by atoms with E-state index in [1.54, 1.807) is 18.2 Å². The number of thioether (sulfide) groups is 1. The van der Waals surface area contributed by atoms with Gasteiger partial charge in [0.2, 0.25) is 12.7 Å². The van der Waals surface area contributed by atoms with Crippen LogP contribution in [0.3, 0.4) is 0 Å².